The van der Waals surface area contributed by atoms with Crippen molar-refractivity contribution in [1.29, 1.82) is 0 Å². The van der Waals surface area contributed by atoms with E-state index in [2.05, 4.69) is 41.5 Å². The van der Waals surface area contributed by atoms with Crippen molar-refractivity contribution >= 4 is 0 Å². The minimum atomic E-state index is -0.0503. The number of ether oxygens (including phenoxy) is 2. The molecule has 2 saturated heterocycles. The third kappa shape index (κ3) is 4.16. The Labute approximate surface area is 163 Å². The van der Waals surface area contributed by atoms with Crippen molar-refractivity contribution in [2.24, 2.45) is 21.7 Å². The first-order valence-corrected chi connectivity index (χ1v) is 8.48. The van der Waals surface area contributed by atoms with Crippen molar-refractivity contribution in [3.8, 4) is 0 Å². The van der Waals surface area contributed by atoms with Crippen LogP contribution in [0.4, 0.5) is 0 Å². The number of hydrogen-bond donors (Lipinski definition) is 0. The molecule has 0 aromatic heterocycles. The second-order valence-electron chi connectivity index (χ2n) is 8.79. The minimum Gasteiger partial charge on any atom is -0.381 e. The van der Waals surface area contributed by atoms with E-state index >= 15 is 0 Å². The predicted octanol–water partition coefficient (Wildman–Crippen LogP) is 4.69. The van der Waals surface area contributed by atoms with E-state index in [1.165, 1.54) is 25.7 Å². The predicted molar refractivity (Wildman–Crippen MR) is 87.9 cm³/mol. The Balaban J connectivity index is 0.000000212. The van der Waals surface area contributed by atoms with Crippen molar-refractivity contribution in [1.82, 2.24) is 0 Å². The van der Waals surface area contributed by atoms with E-state index in [9.17, 15) is 0 Å². The van der Waals surface area contributed by atoms with Crippen LogP contribution in [0.5, 0.6) is 0 Å². The average Bonchev–Trinajstić information content (AvgIpc) is 2.94. The molecule has 1 radical (unpaired) electrons. The third-order valence-electron chi connectivity index (χ3n) is 6.62. The Kier molecular flexibility index (Phi) is 7.18. The second-order valence-corrected chi connectivity index (χ2v) is 8.79. The van der Waals surface area contributed by atoms with Gasteiger partial charge in [0.25, 0.3) is 0 Å². The first-order chi connectivity index (χ1) is 9.62. The maximum Gasteiger partial charge on any atom is 0.0528 e. The first kappa shape index (κ1) is 21.1. The van der Waals surface area contributed by atoms with Gasteiger partial charge in [-0.05, 0) is 24.7 Å². The Morgan fingerprint density at radius 1 is 0.727 bits per heavy atom. The number of rotatable bonds is 0. The van der Waals surface area contributed by atoms with Crippen molar-refractivity contribution in [3.63, 3.8) is 0 Å². The summed E-state index contributed by atoms with van der Waals surface area (Å²) in [5.74, 6) is 0. The molecule has 0 aromatic carbocycles. The van der Waals surface area contributed by atoms with E-state index in [1.807, 2.05) is 0 Å². The van der Waals surface area contributed by atoms with Gasteiger partial charge < -0.3 is 23.3 Å². The van der Waals surface area contributed by atoms with Gasteiger partial charge >= 0.3 is 0 Å². The summed E-state index contributed by atoms with van der Waals surface area (Å²) in [6.07, 6.45) is 6.49. The van der Waals surface area contributed by atoms with E-state index in [0.717, 1.165) is 32.8 Å². The van der Waals surface area contributed by atoms with Gasteiger partial charge in [0.2, 0.25) is 0 Å². The van der Waals surface area contributed by atoms with E-state index in [-0.39, 0.29) is 43.5 Å². The molecule has 1 unspecified atom stereocenters. The van der Waals surface area contributed by atoms with Gasteiger partial charge in [0.05, 0.1) is 6.61 Å². The summed E-state index contributed by atoms with van der Waals surface area (Å²) in [5, 5.41) is 0. The van der Waals surface area contributed by atoms with Crippen molar-refractivity contribution in [3.05, 3.63) is 13.8 Å². The van der Waals surface area contributed by atoms with Crippen LogP contribution < -0.4 is 0 Å². The van der Waals surface area contributed by atoms with Crippen LogP contribution in [0, 0.1) is 35.5 Å². The first-order valence-electron chi connectivity index (χ1n) is 8.48. The van der Waals surface area contributed by atoms with E-state index in [0.29, 0.717) is 10.8 Å². The fourth-order valence-electron chi connectivity index (χ4n) is 3.90. The zero-order valence-electron chi connectivity index (χ0n) is 15.2. The van der Waals surface area contributed by atoms with Gasteiger partial charge in [0.1, 0.15) is 0 Å². The molecular weight excluding hydrogens is 349 g/mol. The molecule has 127 valence electrons. The molecule has 0 amide bonds. The molecular formula is C19H34O2Y-2. The van der Waals surface area contributed by atoms with Gasteiger partial charge in [-0.25, -0.2) is 0 Å². The molecule has 1 saturated carbocycles. The van der Waals surface area contributed by atoms with Gasteiger partial charge in [-0.1, -0.05) is 46.0 Å². The van der Waals surface area contributed by atoms with Gasteiger partial charge in [-0.15, -0.1) is 0 Å². The largest absolute Gasteiger partial charge is 0.381 e. The van der Waals surface area contributed by atoms with Crippen molar-refractivity contribution in [2.75, 3.05) is 26.4 Å². The van der Waals surface area contributed by atoms with Gasteiger partial charge in [-0.3, -0.25) is 5.41 Å². The van der Waals surface area contributed by atoms with Gasteiger partial charge in [0, 0.05) is 57.9 Å². The maximum absolute atomic E-state index is 5.52. The van der Waals surface area contributed by atoms with E-state index in [4.69, 9.17) is 9.47 Å². The molecule has 3 fully saturated rings. The van der Waals surface area contributed by atoms with Gasteiger partial charge in [0.15, 0.2) is 0 Å². The van der Waals surface area contributed by atoms with Crippen LogP contribution in [-0.4, -0.2) is 26.4 Å². The Bertz CT molecular complexity index is 333. The molecule has 3 rings (SSSR count). The Morgan fingerprint density at radius 3 is 1.68 bits per heavy atom. The van der Waals surface area contributed by atoms with Crippen molar-refractivity contribution < 1.29 is 42.2 Å². The molecule has 1 atom stereocenters. The summed E-state index contributed by atoms with van der Waals surface area (Å²) in [4.78, 5) is 0. The molecule has 0 bridgehead atoms. The quantitative estimate of drug-likeness (QED) is 0.565. The normalized spacial score (nSPS) is 34.6. The van der Waals surface area contributed by atoms with Crippen LogP contribution in [-0.2, 0) is 42.2 Å². The van der Waals surface area contributed by atoms with Crippen LogP contribution in [0.3, 0.4) is 0 Å². The SMILES string of the molecule is CC1(C)CCCC12CCOC2.[CH2-]C1([CH2-])CCOCC1(C)C.[Y]. The van der Waals surface area contributed by atoms with Crippen LogP contribution >= 0.6 is 0 Å². The van der Waals surface area contributed by atoms with E-state index < -0.39 is 0 Å². The molecule has 2 aliphatic heterocycles. The topological polar surface area (TPSA) is 18.5 Å². The molecule has 22 heavy (non-hydrogen) atoms. The summed E-state index contributed by atoms with van der Waals surface area (Å²) in [6.45, 7) is 21.0. The summed E-state index contributed by atoms with van der Waals surface area (Å²) >= 11 is 0. The maximum atomic E-state index is 5.52. The van der Waals surface area contributed by atoms with Crippen LogP contribution in [0.1, 0.15) is 59.8 Å². The Morgan fingerprint density at radius 2 is 1.32 bits per heavy atom. The monoisotopic (exact) mass is 383 g/mol. The van der Waals surface area contributed by atoms with Crippen LogP contribution in [0.2, 0.25) is 0 Å². The molecule has 1 aliphatic carbocycles. The molecule has 0 N–H and O–H groups in total. The standard InChI is InChI=1S/C10H18O.C9H16O.Y/c1-9(2)4-3-5-10(9)6-7-11-8-10;1-8(2)5-6-10-7-9(8,3)4;/h3-8H2,1-2H3;1-2,5-7H2,3-4H3;/q;-2;. The third-order valence-corrected chi connectivity index (χ3v) is 6.62. The molecule has 2 heterocycles. The van der Waals surface area contributed by atoms with Crippen molar-refractivity contribution in [2.45, 2.75) is 59.8 Å². The second kappa shape index (κ2) is 7.50. The van der Waals surface area contributed by atoms with Gasteiger partial charge in [-0.2, -0.15) is 0 Å². The molecule has 2 nitrogen and oxygen atoms in total. The van der Waals surface area contributed by atoms with Crippen LogP contribution in [0.15, 0.2) is 0 Å². The summed E-state index contributed by atoms with van der Waals surface area (Å²) < 4.78 is 10.9. The summed E-state index contributed by atoms with van der Waals surface area (Å²) in [5.41, 5.74) is 1.19. The molecule has 3 heteroatoms. The zero-order valence-corrected chi connectivity index (χ0v) is 18.0. The average molecular weight is 383 g/mol. The fourth-order valence-corrected chi connectivity index (χ4v) is 3.90. The molecule has 0 aromatic rings. The minimum absolute atomic E-state index is 0. The van der Waals surface area contributed by atoms with Crippen LogP contribution in [0.25, 0.3) is 0 Å². The molecule has 1 spiro atoms. The fraction of sp³-hybridized carbons (Fsp3) is 0.895. The Hall–Kier alpha value is 1.02. The zero-order chi connectivity index (χ0) is 15.8. The van der Waals surface area contributed by atoms with E-state index in [1.54, 1.807) is 0 Å². The summed E-state index contributed by atoms with van der Waals surface area (Å²) in [7, 11) is 0. The molecule has 3 aliphatic rings. The summed E-state index contributed by atoms with van der Waals surface area (Å²) in [6, 6.07) is 0. The smallest absolute Gasteiger partial charge is 0.0528 e. The number of hydrogen-bond acceptors (Lipinski definition) is 2.